The minimum Gasteiger partial charge on any atom is -0.494 e. The maximum atomic E-state index is 12.3. The van der Waals surface area contributed by atoms with Gasteiger partial charge in [-0.1, -0.05) is 46.5 Å². The molecule has 0 aliphatic rings. The van der Waals surface area contributed by atoms with Crippen molar-refractivity contribution < 1.29 is 23.8 Å². The summed E-state index contributed by atoms with van der Waals surface area (Å²) in [5.41, 5.74) is 0.865. The second kappa shape index (κ2) is 12.7. The molecule has 0 amide bonds. The Kier molecular flexibility index (Phi) is 9.92. The van der Waals surface area contributed by atoms with E-state index in [0.29, 0.717) is 36.0 Å². The molecule has 2 aromatic rings. The molecule has 2 rings (SSSR count). The average molecular weight is 413 g/mol. The second-order valence-electron chi connectivity index (χ2n) is 7.46. The Balaban J connectivity index is 1.83. The molecule has 30 heavy (non-hydrogen) atoms. The monoisotopic (exact) mass is 412 g/mol. The summed E-state index contributed by atoms with van der Waals surface area (Å²) in [6.45, 7) is 7.33. The van der Waals surface area contributed by atoms with Gasteiger partial charge in [0.05, 0.1) is 24.3 Å². The number of rotatable bonds is 12. The van der Waals surface area contributed by atoms with Gasteiger partial charge in [-0.05, 0) is 60.9 Å². The van der Waals surface area contributed by atoms with E-state index in [0.717, 1.165) is 25.0 Å². The van der Waals surface area contributed by atoms with Crippen LogP contribution in [0.15, 0.2) is 48.5 Å². The quantitative estimate of drug-likeness (QED) is 0.241. The van der Waals surface area contributed by atoms with Gasteiger partial charge in [-0.3, -0.25) is 0 Å². The molecule has 2 aromatic carbocycles. The molecule has 0 heterocycles. The third-order valence-corrected chi connectivity index (χ3v) is 4.85. The normalized spacial score (nSPS) is 11.6. The fourth-order valence-electron chi connectivity index (χ4n) is 2.65. The van der Waals surface area contributed by atoms with Crippen molar-refractivity contribution in [1.29, 1.82) is 0 Å². The zero-order valence-corrected chi connectivity index (χ0v) is 18.2. The van der Waals surface area contributed by atoms with Gasteiger partial charge in [0.25, 0.3) is 0 Å². The van der Waals surface area contributed by atoms with E-state index < -0.39 is 5.97 Å². The highest BCUT2D eigenvalue weighted by Gasteiger charge is 2.12. The Morgan fingerprint density at radius 3 is 2.00 bits per heavy atom. The fourth-order valence-corrected chi connectivity index (χ4v) is 2.65. The number of hydrogen-bond donors (Lipinski definition) is 0. The first kappa shape index (κ1) is 23.5. The number of unbranched alkanes of at least 4 members (excludes halogenated alkanes) is 3. The van der Waals surface area contributed by atoms with Crippen LogP contribution < -0.4 is 9.47 Å². The van der Waals surface area contributed by atoms with Crippen LogP contribution in [0.5, 0.6) is 11.5 Å². The molecular formula is C25H32O5. The lowest BCUT2D eigenvalue weighted by Gasteiger charge is -2.10. The van der Waals surface area contributed by atoms with E-state index in [1.165, 1.54) is 12.8 Å². The molecule has 0 fully saturated rings. The van der Waals surface area contributed by atoms with E-state index in [1.54, 1.807) is 48.5 Å². The third-order valence-electron chi connectivity index (χ3n) is 4.85. The first-order chi connectivity index (χ1) is 14.5. The molecule has 5 nitrogen and oxygen atoms in total. The van der Waals surface area contributed by atoms with Gasteiger partial charge < -0.3 is 14.2 Å². The van der Waals surface area contributed by atoms with Crippen molar-refractivity contribution in [2.75, 3.05) is 13.2 Å². The lowest BCUT2D eigenvalue weighted by molar-refractivity contribution is 0.0447. The first-order valence-electron chi connectivity index (χ1n) is 10.8. The van der Waals surface area contributed by atoms with E-state index in [-0.39, 0.29) is 5.97 Å². The molecule has 0 spiro atoms. The second-order valence-corrected chi connectivity index (χ2v) is 7.46. The predicted octanol–water partition coefficient (Wildman–Crippen LogP) is 6.07. The number of esters is 2. The van der Waals surface area contributed by atoms with Gasteiger partial charge in [-0.15, -0.1) is 0 Å². The molecule has 0 aromatic heterocycles. The van der Waals surface area contributed by atoms with Gasteiger partial charge in [0.1, 0.15) is 11.5 Å². The number of ether oxygens (including phenoxy) is 3. The topological polar surface area (TPSA) is 61.8 Å². The fraction of sp³-hybridized carbons (Fsp3) is 0.440. The van der Waals surface area contributed by atoms with Gasteiger partial charge >= 0.3 is 11.9 Å². The van der Waals surface area contributed by atoms with E-state index in [4.69, 9.17) is 14.2 Å². The van der Waals surface area contributed by atoms with Crippen molar-refractivity contribution in [3.8, 4) is 11.5 Å². The lowest BCUT2D eigenvalue weighted by atomic mass is 10.1. The molecule has 162 valence electrons. The van der Waals surface area contributed by atoms with E-state index in [2.05, 4.69) is 13.8 Å². The summed E-state index contributed by atoms with van der Waals surface area (Å²) in [5, 5.41) is 0. The van der Waals surface area contributed by atoms with Crippen LogP contribution in [0.4, 0.5) is 0 Å². The van der Waals surface area contributed by atoms with Crippen molar-refractivity contribution in [1.82, 2.24) is 0 Å². The summed E-state index contributed by atoms with van der Waals surface area (Å²) >= 11 is 0. The Morgan fingerprint density at radius 1 is 0.800 bits per heavy atom. The maximum Gasteiger partial charge on any atom is 0.343 e. The van der Waals surface area contributed by atoms with E-state index in [1.807, 2.05) is 6.92 Å². The van der Waals surface area contributed by atoms with Gasteiger partial charge in [0, 0.05) is 0 Å². The van der Waals surface area contributed by atoms with Gasteiger partial charge in [0.15, 0.2) is 0 Å². The zero-order chi connectivity index (χ0) is 21.8. The Labute approximate surface area is 179 Å². The summed E-state index contributed by atoms with van der Waals surface area (Å²) in [5.74, 6) is 0.597. The Bertz CT molecular complexity index is 780. The van der Waals surface area contributed by atoms with Crippen LogP contribution in [0.2, 0.25) is 0 Å². The van der Waals surface area contributed by atoms with Crippen LogP contribution >= 0.6 is 0 Å². The number of carbonyl (C=O) groups excluding carboxylic acids is 2. The molecule has 0 unspecified atom stereocenters. The van der Waals surface area contributed by atoms with Crippen molar-refractivity contribution in [3.63, 3.8) is 0 Å². The number of carbonyl (C=O) groups is 2. The summed E-state index contributed by atoms with van der Waals surface area (Å²) in [4.78, 5) is 24.4. The smallest absolute Gasteiger partial charge is 0.343 e. The highest BCUT2D eigenvalue weighted by atomic mass is 16.5. The first-order valence-corrected chi connectivity index (χ1v) is 10.8. The molecule has 1 atom stereocenters. The van der Waals surface area contributed by atoms with Crippen LogP contribution in [0.1, 0.15) is 73.6 Å². The number of benzene rings is 2. The van der Waals surface area contributed by atoms with Crippen LogP contribution in [0.25, 0.3) is 0 Å². The Morgan fingerprint density at radius 2 is 1.40 bits per heavy atom. The van der Waals surface area contributed by atoms with E-state index >= 15 is 0 Å². The molecule has 5 heteroatoms. The SMILES string of the molecule is CCCCCCOc1ccc(C(=O)Oc2ccc(C(=O)OC[C@@H](C)CC)cc2)cc1. The van der Waals surface area contributed by atoms with Crippen molar-refractivity contribution in [2.45, 2.75) is 52.9 Å². The van der Waals surface area contributed by atoms with Crippen LogP contribution in [0, 0.1) is 5.92 Å². The number of hydrogen-bond acceptors (Lipinski definition) is 5. The molecule has 0 bridgehead atoms. The maximum absolute atomic E-state index is 12.3. The standard InChI is InChI=1S/C25H32O5/c1-4-6-7-8-17-28-22-13-9-21(10-14-22)25(27)30-23-15-11-20(12-16-23)24(26)29-18-19(3)5-2/h9-16,19H,4-8,17-18H2,1-3H3/t19-/m0/s1. The molecule has 0 saturated heterocycles. The molecule has 0 saturated carbocycles. The van der Waals surface area contributed by atoms with Gasteiger partial charge in [0.2, 0.25) is 0 Å². The summed E-state index contributed by atoms with van der Waals surface area (Å²) in [6.07, 6.45) is 5.55. The van der Waals surface area contributed by atoms with Crippen molar-refractivity contribution >= 4 is 11.9 Å². The van der Waals surface area contributed by atoms with Gasteiger partial charge in [-0.25, -0.2) is 9.59 Å². The Hall–Kier alpha value is -2.82. The zero-order valence-electron chi connectivity index (χ0n) is 18.2. The van der Waals surface area contributed by atoms with Crippen molar-refractivity contribution in [2.24, 2.45) is 5.92 Å². The molecular weight excluding hydrogens is 380 g/mol. The third kappa shape index (κ3) is 7.90. The van der Waals surface area contributed by atoms with Crippen LogP contribution in [0.3, 0.4) is 0 Å². The lowest BCUT2D eigenvalue weighted by Crippen LogP contribution is -2.12. The summed E-state index contributed by atoms with van der Waals surface area (Å²) < 4.78 is 16.3. The highest BCUT2D eigenvalue weighted by Crippen LogP contribution is 2.18. The van der Waals surface area contributed by atoms with Crippen LogP contribution in [-0.4, -0.2) is 25.2 Å². The molecule has 0 radical (unpaired) electrons. The molecule has 0 aliphatic carbocycles. The summed E-state index contributed by atoms with van der Waals surface area (Å²) in [7, 11) is 0. The minimum absolute atomic E-state index is 0.326. The minimum atomic E-state index is -0.461. The van der Waals surface area contributed by atoms with Crippen molar-refractivity contribution in [3.05, 3.63) is 59.7 Å². The largest absolute Gasteiger partial charge is 0.494 e. The van der Waals surface area contributed by atoms with Gasteiger partial charge in [-0.2, -0.15) is 0 Å². The highest BCUT2D eigenvalue weighted by molar-refractivity contribution is 5.92. The van der Waals surface area contributed by atoms with Crippen LogP contribution in [-0.2, 0) is 4.74 Å². The molecule has 0 N–H and O–H groups in total. The predicted molar refractivity (Wildman–Crippen MR) is 117 cm³/mol. The van der Waals surface area contributed by atoms with E-state index in [9.17, 15) is 9.59 Å². The molecule has 0 aliphatic heterocycles. The summed E-state index contributed by atoms with van der Waals surface area (Å²) in [6, 6.07) is 13.3. The average Bonchev–Trinajstić information content (AvgIpc) is 2.78.